The highest BCUT2D eigenvalue weighted by atomic mass is 35.5. The molecule has 130 valence electrons. The van der Waals surface area contributed by atoms with Gasteiger partial charge >= 0.3 is 0 Å². The summed E-state index contributed by atoms with van der Waals surface area (Å²) in [6.45, 7) is 6.13. The van der Waals surface area contributed by atoms with Crippen LogP contribution in [0.1, 0.15) is 11.1 Å². The van der Waals surface area contributed by atoms with Gasteiger partial charge in [-0.15, -0.1) is 19.0 Å². The predicted octanol–water partition coefficient (Wildman–Crippen LogP) is 3.48. The molecule has 0 saturated carbocycles. The second-order valence-electron chi connectivity index (χ2n) is 5.70. The Kier molecular flexibility index (Phi) is 8.72. The van der Waals surface area contributed by atoms with E-state index >= 15 is 0 Å². The number of ether oxygens (including phenoxy) is 1. The molecule has 0 radical (unpaired) electrons. The SMILES string of the molecule is C=CCN(C)CCOCC(O)(c1ccccc1)c1ccccc1.Cl. The van der Waals surface area contributed by atoms with Gasteiger partial charge in [0.15, 0.2) is 0 Å². The lowest BCUT2D eigenvalue weighted by atomic mass is 9.87. The Hall–Kier alpha value is -1.65. The van der Waals surface area contributed by atoms with E-state index in [1.807, 2.05) is 73.8 Å². The normalized spacial score (nSPS) is 11.1. The van der Waals surface area contributed by atoms with Crippen molar-refractivity contribution >= 4 is 12.4 Å². The van der Waals surface area contributed by atoms with Crippen molar-refractivity contribution in [3.63, 3.8) is 0 Å². The summed E-state index contributed by atoms with van der Waals surface area (Å²) in [4.78, 5) is 2.12. The van der Waals surface area contributed by atoms with Crippen molar-refractivity contribution in [1.29, 1.82) is 0 Å². The average molecular weight is 348 g/mol. The van der Waals surface area contributed by atoms with E-state index < -0.39 is 5.60 Å². The van der Waals surface area contributed by atoms with Gasteiger partial charge in [-0.2, -0.15) is 0 Å². The van der Waals surface area contributed by atoms with Crippen molar-refractivity contribution in [2.24, 2.45) is 0 Å². The third-order valence-corrected chi connectivity index (χ3v) is 3.87. The Labute approximate surface area is 151 Å². The fraction of sp³-hybridized carbons (Fsp3) is 0.300. The second kappa shape index (κ2) is 10.3. The molecule has 2 rings (SSSR count). The molecule has 4 heteroatoms. The highest BCUT2D eigenvalue weighted by molar-refractivity contribution is 5.85. The van der Waals surface area contributed by atoms with Crippen LogP contribution in [0.3, 0.4) is 0 Å². The summed E-state index contributed by atoms with van der Waals surface area (Å²) in [5.41, 5.74) is 0.538. The minimum absolute atomic E-state index is 0. The third kappa shape index (κ3) is 5.46. The van der Waals surface area contributed by atoms with Gasteiger partial charge < -0.3 is 14.7 Å². The van der Waals surface area contributed by atoms with Gasteiger partial charge in [0.05, 0.1) is 13.2 Å². The number of likely N-dealkylation sites (N-methyl/N-ethyl adjacent to an activating group) is 1. The van der Waals surface area contributed by atoms with Crippen LogP contribution in [0.25, 0.3) is 0 Å². The van der Waals surface area contributed by atoms with Gasteiger partial charge in [0, 0.05) is 13.1 Å². The Bertz CT molecular complexity index is 550. The summed E-state index contributed by atoms with van der Waals surface area (Å²) in [5.74, 6) is 0. The van der Waals surface area contributed by atoms with Crippen LogP contribution in [-0.2, 0) is 10.3 Å². The summed E-state index contributed by atoms with van der Waals surface area (Å²) in [6, 6.07) is 19.3. The van der Waals surface area contributed by atoms with Crippen LogP contribution in [-0.4, -0.2) is 43.4 Å². The predicted molar refractivity (Wildman–Crippen MR) is 102 cm³/mol. The van der Waals surface area contributed by atoms with Gasteiger partial charge in [0.25, 0.3) is 0 Å². The number of benzene rings is 2. The van der Waals surface area contributed by atoms with E-state index in [4.69, 9.17) is 4.74 Å². The smallest absolute Gasteiger partial charge is 0.138 e. The molecule has 0 amide bonds. The Morgan fingerprint density at radius 3 is 2.00 bits per heavy atom. The van der Waals surface area contributed by atoms with Crippen molar-refractivity contribution in [1.82, 2.24) is 4.90 Å². The molecule has 2 aromatic carbocycles. The third-order valence-electron chi connectivity index (χ3n) is 3.87. The molecule has 24 heavy (non-hydrogen) atoms. The molecule has 0 aliphatic rings. The van der Waals surface area contributed by atoms with Crippen molar-refractivity contribution in [3.05, 3.63) is 84.4 Å². The molecule has 0 spiro atoms. The van der Waals surface area contributed by atoms with Crippen LogP contribution in [0.4, 0.5) is 0 Å². The van der Waals surface area contributed by atoms with E-state index in [1.165, 1.54) is 0 Å². The number of hydrogen-bond acceptors (Lipinski definition) is 3. The number of hydrogen-bond donors (Lipinski definition) is 1. The largest absolute Gasteiger partial charge is 0.378 e. The first-order chi connectivity index (χ1) is 11.2. The quantitative estimate of drug-likeness (QED) is 0.557. The molecule has 0 aliphatic carbocycles. The van der Waals surface area contributed by atoms with E-state index in [0.29, 0.717) is 6.61 Å². The summed E-state index contributed by atoms with van der Waals surface area (Å²) in [6.07, 6.45) is 1.87. The van der Waals surface area contributed by atoms with Crippen molar-refractivity contribution < 1.29 is 9.84 Å². The van der Waals surface area contributed by atoms with Gasteiger partial charge in [-0.1, -0.05) is 66.7 Å². The zero-order valence-corrected chi connectivity index (χ0v) is 14.9. The zero-order chi connectivity index (χ0) is 16.5. The van der Waals surface area contributed by atoms with Crippen molar-refractivity contribution in [2.75, 3.05) is 33.4 Å². The van der Waals surface area contributed by atoms with E-state index in [2.05, 4.69) is 11.5 Å². The molecule has 0 heterocycles. The van der Waals surface area contributed by atoms with Crippen molar-refractivity contribution in [2.45, 2.75) is 5.60 Å². The highest BCUT2D eigenvalue weighted by Gasteiger charge is 2.31. The molecule has 2 aromatic rings. The van der Waals surface area contributed by atoms with Gasteiger partial charge in [0.1, 0.15) is 5.60 Å². The zero-order valence-electron chi connectivity index (χ0n) is 14.1. The topological polar surface area (TPSA) is 32.7 Å². The highest BCUT2D eigenvalue weighted by Crippen LogP contribution is 2.29. The molecule has 0 aromatic heterocycles. The first-order valence-electron chi connectivity index (χ1n) is 7.87. The number of aliphatic hydroxyl groups is 1. The van der Waals surface area contributed by atoms with Crippen LogP contribution < -0.4 is 0 Å². The fourth-order valence-corrected chi connectivity index (χ4v) is 2.51. The molecule has 0 fully saturated rings. The maximum Gasteiger partial charge on any atom is 0.138 e. The molecule has 3 nitrogen and oxygen atoms in total. The lowest BCUT2D eigenvalue weighted by Gasteiger charge is -2.29. The van der Waals surface area contributed by atoms with Crippen LogP contribution >= 0.6 is 12.4 Å². The molecule has 0 atom stereocenters. The van der Waals surface area contributed by atoms with E-state index in [0.717, 1.165) is 24.2 Å². The summed E-state index contributed by atoms with van der Waals surface area (Å²) < 4.78 is 5.80. The van der Waals surface area contributed by atoms with E-state index in [1.54, 1.807) is 0 Å². The summed E-state index contributed by atoms with van der Waals surface area (Å²) in [5, 5.41) is 11.3. The minimum Gasteiger partial charge on any atom is -0.378 e. The molecular weight excluding hydrogens is 322 g/mol. The molecule has 0 aliphatic heterocycles. The molecule has 1 N–H and O–H groups in total. The van der Waals surface area contributed by atoms with Gasteiger partial charge in [0.2, 0.25) is 0 Å². The Morgan fingerprint density at radius 2 is 1.54 bits per heavy atom. The lowest BCUT2D eigenvalue weighted by Crippen LogP contribution is -2.34. The number of halogens is 1. The maximum atomic E-state index is 11.3. The number of nitrogens with zero attached hydrogens (tertiary/aromatic N) is 1. The first kappa shape index (κ1) is 20.4. The minimum atomic E-state index is -1.14. The van der Waals surface area contributed by atoms with Crippen LogP contribution in [0.5, 0.6) is 0 Å². The molecule has 0 unspecified atom stereocenters. The van der Waals surface area contributed by atoms with Gasteiger partial charge in [-0.25, -0.2) is 0 Å². The second-order valence-corrected chi connectivity index (χ2v) is 5.70. The first-order valence-corrected chi connectivity index (χ1v) is 7.87. The van der Waals surface area contributed by atoms with Crippen LogP contribution in [0.15, 0.2) is 73.3 Å². The average Bonchev–Trinajstić information content (AvgIpc) is 2.60. The Balaban J connectivity index is 0.00000288. The standard InChI is InChI=1S/C20H25NO2.ClH/c1-3-14-21(2)15-16-23-17-20(22,18-10-6-4-7-11-18)19-12-8-5-9-13-19;/h3-13,22H,1,14-17H2,2H3;1H. The van der Waals surface area contributed by atoms with Gasteiger partial charge in [-0.05, 0) is 18.2 Å². The fourth-order valence-electron chi connectivity index (χ4n) is 2.51. The van der Waals surface area contributed by atoms with Crippen LogP contribution in [0.2, 0.25) is 0 Å². The monoisotopic (exact) mass is 347 g/mol. The van der Waals surface area contributed by atoms with Crippen molar-refractivity contribution in [3.8, 4) is 0 Å². The lowest BCUT2D eigenvalue weighted by molar-refractivity contribution is -0.0253. The molecule has 0 bridgehead atoms. The number of rotatable bonds is 9. The van der Waals surface area contributed by atoms with E-state index in [9.17, 15) is 5.11 Å². The Morgan fingerprint density at radius 1 is 1.04 bits per heavy atom. The summed E-state index contributed by atoms with van der Waals surface area (Å²) >= 11 is 0. The van der Waals surface area contributed by atoms with E-state index in [-0.39, 0.29) is 19.0 Å². The van der Waals surface area contributed by atoms with Crippen LogP contribution in [0, 0.1) is 0 Å². The summed E-state index contributed by atoms with van der Waals surface area (Å²) in [7, 11) is 2.02. The van der Waals surface area contributed by atoms with Gasteiger partial charge in [-0.3, -0.25) is 0 Å². The maximum absolute atomic E-state index is 11.3. The molecular formula is C20H26ClNO2. The molecule has 0 saturated heterocycles.